The van der Waals surface area contributed by atoms with E-state index in [0.29, 0.717) is 0 Å². The second-order valence-corrected chi connectivity index (χ2v) is 6.20. The molecule has 3 nitrogen and oxygen atoms in total. The Morgan fingerprint density at radius 2 is 2.00 bits per heavy atom. The van der Waals surface area contributed by atoms with E-state index in [-0.39, 0.29) is 0 Å². The van der Waals surface area contributed by atoms with Gasteiger partial charge in [-0.15, -0.1) is 0 Å². The van der Waals surface area contributed by atoms with Crippen LogP contribution in [0, 0.1) is 6.92 Å². The van der Waals surface area contributed by atoms with E-state index in [2.05, 4.69) is 35.1 Å². The molecule has 1 aromatic rings. The first kappa shape index (κ1) is 13.1. The first-order valence-electron chi connectivity index (χ1n) is 7.65. The molecule has 0 spiro atoms. The third-order valence-electron chi connectivity index (χ3n) is 4.69. The first-order valence-corrected chi connectivity index (χ1v) is 7.65. The minimum Gasteiger partial charge on any atom is -0.311 e. The van der Waals surface area contributed by atoms with Crippen LogP contribution in [0.1, 0.15) is 43.7 Å². The van der Waals surface area contributed by atoms with Crippen molar-refractivity contribution >= 4 is 0 Å². The highest BCUT2D eigenvalue weighted by Gasteiger charge is 2.35. The van der Waals surface area contributed by atoms with Gasteiger partial charge in [0.15, 0.2) is 0 Å². The lowest BCUT2D eigenvalue weighted by Crippen LogP contribution is -2.47. The van der Waals surface area contributed by atoms with Gasteiger partial charge < -0.3 is 5.32 Å². The topological polar surface area (TPSA) is 28.2 Å². The minimum absolute atomic E-state index is 0.754. The molecule has 104 valence electrons. The highest BCUT2D eigenvalue weighted by molar-refractivity contribution is 5.16. The maximum atomic E-state index is 4.32. The van der Waals surface area contributed by atoms with Crippen LogP contribution in [0.3, 0.4) is 0 Å². The smallest absolute Gasteiger partial charge is 0.0313 e. The van der Waals surface area contributed by atoms with Crippen LogP contribution < -0.4 is 5.32 Å². The van der Waals surface area contributed by atoms with Gasteiger partial charge in [0.05, 0.1) is 0 Å². The predicted molar refractivity (Wildman–Crippen MR) is 78.0 cm³/mol. The highest BCUT2D eigenvalue weighted by Crippen LogP contribution is 2.30. The molecule has 3 heterocycles. The first-order chi connectivity index (χ1) is 9.24. The summed E-state index contributed by atoms with van der Waals surface area (Å²) in [5.74, 6) is 0. The van der Waals surface area contributed by atoms with Gasteiger partial charge in [-0.05, 0) is 50.3 Å². The van der Waals surface area contributed by atoms with Crippen molar-refractivity contribution < 1.29 is 0 Å². The minimum atomic E-state index is 0.754. The normalized spacial score (nSPS) is 29.9. The summed E-state index contributed by atoms with van der Waals surface area (Å²) in [4.78, 5) is 6.96. The SMILES string of the molecule is CCN(Cc1cncc(C)c1)C1CC2CCC(C1)N2. The molecule has 2 unspecified atom stereocenters. The van der Waals surface area contributed by atoms with E-state index in [0.717, 1.165) is 31.2 Å². The highest BCUT2D eigenvalue weighted by atomic mass is 15.2. The molecule has 2 aliphatic heterocycles. The molecule has 0 saturated carbocycles. The summed E-state index contributed by atoms with van der Waals surface area (Å²) in [6, 6.07) is 4.57. The molecule has 2 saturated heterocycles. The van der Waals surface area contributed by atoms with Gasteiger partial charge >= 0.3 is 0 Å². The number of fused-ring (bicyclic) bond motifs is 2. The maximum Gasteiger partial charge on any atom is 0.0313 e. The van der Waals surface area contributed by atoms with Gasteiger partial charge in [-0.25, -0.2) is 0 Å². The standard InChI is InChI=1S/C16H25N3/c1-3-19(11-13-6-12(2)9-17-10-13)16-7-14-4-5-15(8-16)18-14/h6,9-10,14-16,18H,3-5,7-8,11H2,1-2H3. The zero-order valence-electron chi connectivity index (χ0n) is 12.1. The number of piperidine rings is 1. The molecule has 1 N–H and O–H groups in total. The van der Waals surface area contributed by atoms with E-state index in [9.17, 15) is 0 Å². The van der Waals surface area contributed by atoms with Crippen molar-refractivity contribution in [1.82, 2.24) is 15.2 Å². The number of pyridine rings is 1. The summed E-state index contributed by atoms with van der Waals surface area (Å²) in [6.07, 6.45) is 9.36. The fraction of sp³-hybridized carbons (Fsp3) is 0.688. The Morgan fingerprint density at radius 3 is 2.63 bits per heavy atom. The third kappa shape index (κ3) is 2.98. The summed E-state index contributed by atoms with van der Waals surface area (Å²) >= 11 is 0. The van der Waals surface area contributed by atoms with E-state index < -0.39 is 0 Å². The van der Waals surface area contributed by atoms with Gasteiger partial charge in [0.2, 0.25) is 0 Å². The Labute approximate surface area is 116 Å². The molecule has 19 heavy (non-hydrogen) atoms. The molecular formula is C16H25N3. The summed E-state index contributed by atoms with van der Waals surface area (Å²) in [6.45, 7) is 6.60. The Morgan fingerprint density at radius 1 is 1.26 bits per heavy atom. The van der Waals surface area contributed by atoms with E-state index in [1.165, 1.54) is 36.8 Å². The molecule has 0 aromatic carbocycles. The largest absolute Gasteiger partial charge is 0.311 e. The van der Waals surface area contributed by atoms with Crippen LogP contribution in [0.4, 0.5) is 0 Å². The van der Waals surface area contributed by atoms with Crippen molar-refractivity contribution in [3.63, 3.8) is 0 Å². The molecule has 2 atom stereocenters. The van der Waals surface area contributed by atoms with E-state index >= 15 is 0 Å². The van der Waals surface area contributed by atoms with Crippen LogP contribution in [0.15, 0.2) is 18.5 Å². The van der Waals surface area contributed by atoms with Gasteiger partial charge in [-0.1, -0.05) is 13.0 Å². The molecule has 0 aliphatic carbocycles. The number of hydrogen-bond acceptors (Lipinski definition) is 3. The molecule has 3 heteroatoms. The molecule has 2 bridgehead atoms. The van der Waals surface area contributed by atoms with Crippen molar-refractivity contribution in [3.05, 3.63) is 29.6 Å². The van der Waals surface area contributed by atoms with Crippen molar-refractivity contribution in [2.24, 2.45) is 0 Å². The van der Waals surface area contributed by atoms with Crippen LogP contribution in [-0.2, 0) is 6.54 Å². The second-order valence-electron chi connectivity index (χ2n) is 6.20. The molecule has 2 aliphatic rings. The lowest BCUT2D eigenvalue weighted by atomic mass is 9.97. The number of aromatic nitrogens is 1. The van der Waals surface area contributed by atoms with Gasteiger partial charge in [-0.3, -0.25) is 9.88 Å². The molecule has 0 radical (unpaired) electrons. The van der Waals surface area contributed by atoms with Crippen LogP contribution in [0.2, 0.25) is 0 Å². The van der Waals surface area contributed by atoms with Crippen LogP contribution >= 0.6 is 0 Å². The number of aryl methyl sites for hydroxylation is 1. The fourth-order valence-corrected chi connectivity index (χ4v) is 3.76. The monoisotopic (exact) mass is 259 g/mol. The lowest BCUT2D eigenvalue weighted by Gasteiger charge is -2.37. The number of nitrogens with zero attached hydrogens (tertiary/aromatic N) is 2. The summed E-state index contributed by atoms with van der Waals surface area (Å²) in [5, 5.41) is 3.73. The fourth-order valence-electron chi connectivity index (χ4n) is 3.76. The maximum absolute atomic E-state index is 4.32. The molecule has 3 rings (SSSR count). The molecule has 1 aromatic heterocycles. The van der Waals surface area contributed by atoms with Crippen molar-refractivity contribution in [1.29, 1.82) is 0 Å². The van der Waals surface area contributed by atoms with E-state index in [4.69, 9.17) is 0 Å². The average molecular weight is 259 g/mol. The Kier molecular flexibility index (Phi) is 3.85. The van der Waals surface area contributed by atoms with Crippen LogP contribution in [-0.4, -0.2) is 34.6 Å². The second kappa shape index (κ2) is 5.59. The van der Waals surface area contributed by atoms with Crippen LogP contribution in [0.5, 0.6) is 0 Å². The summed E-state index contributed by atoms with van der Waals surface area (Å²) in [5.41, 5.74) is 2.62. The lowest BCUT2D eigenvalue weighted by molar-refractivity contribution is 0.140. The van der Waals surface area contributed by atoms with E-state index in [1.807, 2.05) is 12.4 Å². The summed E-state index contributed by atoms with van der Waals surface area (Å²) in [7, 11) is 0. The Hall–Kier alpha value is -0.930. The number of nitrogens with one attached hydrogen (secondary N) is 1. The molecule has 0 amide bonds. The van der Waals surface area contributed by atoms with Gasteiger partial charge in [-0.2, -0.15) is 0 Å². The van der Waals surface area contributed by atoms with Gasteiger partial charge in [0.1, 0.15) is 0 Å². The van der Waals surface area contributed by atoms with Crippen LogP contribution in [0.25, 0.3) is 0 Å². The average Bonchev–Trinajstić information content (AvgIpc) is 2.75. The number of hydrogen-bond donors (Lipinski definition) is 1. The van der Waals surface area contributed by atoms with E-state index in [1.54, 1.807) is 0 Å². The predicted octanol–water partition coefficient (Wildman–Crippen LogP) is 2.49. The van der Waals surface area contributed by atoms with Gasteiger partial charge in [0.25, 0.3) is 0 Å². The summed E-state index contributed by atoms with van der Waals surface area (Å²) < 4.78 is 0. The van der Waals surface area contributed by atoms with Crippen molar-refractivity contribution in [2.45, 2.75) is 64.2 Å². The quantitative estimate of drug-likeness (QED) is 0.900. The molecular weight excluding hydrogens is 234 g/mol. The van der Waals surface area contributed by atoms with Crippen molar-refractivity contribution in [3.8, 4) is 0 Å². The Bertz CT molecular complexity index is 420. The van der Waals surface area contributed by atoms with Crippen molar-refractivity contribution in [2.75, 3.05) is 6.54 Å². The number of rotatable bonds is 4. The zero-order valence-corrected chi connectivity index (χ0v) is 12.1. The van der Waals surface area contributed by atoms with Gasteiger partial charge in [0, 0.05) is 37.1 Å². The molecule has 2 fully saturated rings. The third-order valence-corrected chi connectivity index (χ3v) is 4.69. The Balaban J connectivity index is 1.67. The zero-order chi connectivity index (χ0) is 13.2.